The summed E-state index contributed by atoms with van der Waals surface area (Å²) in [6, 6.07) is 11.3. The standard InChI is InChI=1S/C17H21NO2S/c1-11(2)21-16-8-6-5-7-14(16)17(19)18-13(4)15-10-9-12(3)20-15/h5-11,13H,1-4H3,(H,18,19). The first-order valence-corrected chi connectivity index (χ1v) is 7.98. The van der Waals surface area contributed by atoms with E-state index < -0.39 is 0 Å². The molecule has 0 aliphatic rings. The lowest BCUT2D eigenvalue weighted by atomic mass is 10.2. The summed E-state index contributed by atoms with van der Waals surface area (Å²) in [5.74, 6) is 1.55. The quantitative estimate of drug-likeness (QED) is 0.822. The zero-order valence-corrected chi connectivity index (χ0v) is 13.7. The van der Waals surface area contributed by atoms with Crippen LogP contribution >= 0.6 is 11.8 Å². The average Bonchev–Trinajstić information content (AvgIpc) is 2.85. The normalized spacial score (nSPS) is 12.4. The van der Waals surface area contributed by atoms with Crippen LogP contribution in [0, 0.1) is 6.92 Å². The van der Waals surface area contributed by atoms with Crippen LogP contribution in [0.15, 0.2) is 45.7 Å². The molecule has 3 nitrogen and oxygen atoms in total. The molecule has 1 N–H and O–H groups in total. The number of amides is 1. The molecule has 0 saturated heterocycles. The van der Waals surface area contributed by atoms with Crippen molar-refractivity contribution in [3.63, 3.8) is 0 Å². The van der Waals surface area contributed by atoms with Gasteiger partial charge in [0.05, 0.1) is 11.6 Å². The zero-order valence-electron chi connectivity index (χ0n) is 12.8. The lowest BCUT2D eigenvalue weighted by Crippen LogP contribution is -2.26. The molecule has 0 spiro atoms. The second-order valence-electron chi connectivity index (χ2n) is 5.31. The van der Waals surface area contributed by atoms with E-state index in [9.17, 15) is 4.79 Å². The van der Waals surface area contributed by atoms with Gasteiger partial charge in [-0.15, -0.1) is 11.8 Å². The van der Waals surface area contributed by atoms with Crippen LogP contribution in [0.4, 0.5) is 0 Å². The van der Waals surface area contributed by atoms with Gasteiger partial charge in [0.2, 0.25) is 0 Å². The fourth-order valence-corrected chi connectivity index (χ4v) is 3.00. The van der Waals surface area contributed by atoms with Crippen LogP contribution in [-0.2, 0) is 0 Å². The summed E-state index contributed by atoms with van der Waals surface area (Å²) in [5.41, 5.74) is 0.714. The van der Waals surface area contributed by atoms with E-state index in [1.807, 2.05) is 50.2 Å². The molecule has 0 aliphatic carbocycles. The van der Waals surface area contributed by atoms with E-state index >= 15 is 0 Å². The minimum Gasteiger partial charge on any atom is -0.464 e. The maximum Gasteiger partial charge on any atom is 0.252 e. The summed E-state index contributed by atoms with van der Waals surface area (Å²) in [6.45, 7) is 8.06. The lowest BCUT2D eigenvalue weighted by Gasteiger charge is -2.14. The third-order valence-corrected chi connectivity index (χ3v) is 4.11. The van der Waals surface area contributed by atoms with E-state index in [-0.39, 0.29) is 11.9 Å². The first-order chi connectivity index (χ1) is 9.97. The second kappa shape index (κ2) is 6.85. The molecule has 112 valence electrons. The highest BCUT2D eigenvalue weighted by Crippen LogP contribution is 2.27. The maximum atomic E-state index is 12.5. The molecule has 1 aromatic heterocycles. The Labute approximate surface area is 130 Å². The number of thioether (sulfide) groups is 1. The number of carbonyl (C=O) groups excluding carboxylic acids is 1. The summed E-state index contributed by atoms with van der Waals surface area (Å²) < 4.78 is 5.56. The van der Waals surface area contributed by atoms with Crippen molar-refractivity contribution < 1.29 is 9.21 Å². The van der Waals surface area contributed by atoms with Gasteiger partial charge in [0.25, 0.3) is 5.91 Å². The van der Waals surface area contributed by atoms with Gasteiger partial charge in [0.1, 0.15) is 11.5 Å². The van der Waals surface area contributed by atoms with Crippen molar-refractivity contribution in [1.29, 1.82) is 0 Å². The summed E-state index contributed by atoms with van der Waals surface area (Å²) in [4.78, 5) is 13.5. The summed E-state index contributed by atoms with van der Waals surface area (Å²) in [7, 11) is 0. The van der Waals surface area contributed by atoms with Crippen molar-refractivity contribution in [2.24, 2.45) is 0 Å². The van der Waals surface area contributed by atoms with Gasteiger partial charge in [-0.2, -0.15) is 0 Å². The SMILES string of the molecule is Cc1ccc(C(C)NC(=O)c2ccccc2SC(C)C)o1. The number of carbonyl (C=O) groups is 1. The van der Waals surface area contributed by atoms with Crippen molar-refractivity contribution in [2.75, 3.05) is 0 Å². The molecule has 1 heterocycles. The van der Waals surface area contributed by atoms with Crippen molar-refractivity contribution in [3.8, 4) is 0 Å². The Morgan fingerprint density at radius 3 is 2.48 bits per heavy atom. The molecule has 1 atom stereocenters. The predicted molar refractivity (Wildman–Crippen MR) is 86.8 cm³/mol. The first-order valence-electron chi connectivity index (χ1n) is 7.10. The second-order valence-corrected chi connectivity index (χ2v) is 6.92. The molecular formula is C17H21NO2S. The molecular weight excluding hydrogens is 282 g/mol. The van der Waals surface area contributed by atoms with Crippen LogP contribution in [0.1, 0.15) is 48.7 Å². The van der Waals surface area contributed by atoms with Crippen LogP contribution in [0.2, 0.25) is 0 Å². The van der Waals surface area contributed by atoms with Gasteiger partial charge < -0.3 is 9.73 Å². The fraction of sp³-hybridized carbons (Fsp3) is 0.353. The Bertz CT molecular complexity index is 619. The molecule has 0 radical (unpaired) electrons. The van der Waals surface area contributed by atoms with E-state index in [1.165, 1.54) is 0 Å². The first kappa shape index (κ1) is 15.7. The van der Waals surface area contributed by atoms with E-state index in [4.69, 9.17) is 4.42 Å². The summed E-state index contributed by atoms with van der Waals surface area (Å²) in [5, 5.41) is 3.43. The van der Waals surface area contributed by atoms with Gasteiger partial charge in [-0.1, -0.05) is 26.0 Å². The van der Waals surface area contributed by atoms with E-state index in [2.05, 4.69) is 19.2 Å². The van der Waals surface area contributed by atoms with E-state index in [1.54, 1.807) is 11.8 Å². The third kappa shape index (κ3) is 4.14. The number of aryl methyl sites for hydroxylation is 1. The number of hydrogen-bond donors (Lipinski definition) is 1. The molecule has 4 heteroatoms. The van der Waals surface area contributed by atoms with Crippen LogP contribution in [0.5, 0.6) is 0 Å². The highest BCUT2D eigenvalue weighted by atomic mass is 32.2. The van der Waals surface area contributed by atoms with Crippen LogP contribution in [0.25, 0.3) is 0 Å². The average molecular weight is 303 g/mol. The minimum absolute atomic E-state index is 0.0692. The molecule has 2 aromatic rings. The van der Waals surface area contributed by atoms with Gasteiger partial charge in [-0.05, 0) is 38.1 Å². The third-order valence-electron chi connectivity index (χ3n) is 3.03. The summed E-state index contributed by atoms with van der Waals surface area (Å²) >= 11 is 1.70. The van der Waals surface area contributed by atoms with Gasteiger partial charge >= 0.3 is 0 Å². The van der Waals surface area contributed by atoms with Crippen molar-refractivity contribution in [3.05, 3.63) is 53.5 Å². The Hall–Kier alpha value is -1.68. The molecule has 0 saturated carbocycles. The molecule has 1 unspecified atom stereocenters. The largest absolute Gasteiger partial charge is 0.464 e. The lowest BCUT2D eigenvalue weighted by molar-refractivity contribution is 0.0932. The number of benzene rings is 1. The number of rotatable bonds is 5. The maximum absolute atomic E-state index is 12.5. The summed E-state index contributed by atoms with van der Waals surface area (Å²) in [6.07, 6.45) is 0. The Balaban J connectivity index is 2.13. The van der Waals surface area contributed by atoms with Gasteiger partial charge in [-0.25, -0.2) is 0 Å². The molecule has 0 bridgehead atoms. The van der Waals surface area contributed by atoms with E-state index in [0.29, 0.717) is 10.8 Å². The monoisotopic (exact) mass is 303 g/mol. The van der Waals surface area contributed by atoms with Crippen LogP contribution in [0.3, 0.4) is 0 Å². The highest BCUT2D eigenvalue weighted by molar-refractivity contribution is 8.00. The molecule has 1 aromatic carbocycles. The zero-order chi connectivity index (χ0) is 15.4. The van der Waals surface area contributed by atoms with Crippen molar-refractivity contribution in [2.45, 2.75) is 43.9 Å². The van der Waals surface area contributed by atoms with Gasteiger partial charge in [0, 0.05) is 10.1 Å². The highest BCUT2D eigenvalue weighted by Gasteiger charge is 2.17. The predicted octanol–water partition coefficient (Wildman–Crippen LogP) is 4.58. The van der Waals surface area contributed by atoms with Crippen LogP contribution < -0.4 is 5.32 Å². The van der Waals surface area contributed by atoms with Gasteiger partial charge in [-0.3, -0.25) is 4.79 Å². The smallest absolute Gasteiger partial charge is 0.252 e. The number of hydrogen-bond acceptors (Lipinski definition) is 3. The number of furan rings is 1. The molecule has 0 aliphatic heterocycles. The molecule has 21 heavy (non-hydrogen) atoms. The van der Waals surface area contributed by atoms with E-state index in [0.717, 1.165) is 16.4 Å². The van der Waals surface area contributed by atoms with Crippen LogP contribution in [-0.4, -0.2) is 11.2 Å². The fourth-order valence-electron chi connectivity index (χ4n) is 2.04. The minimum atomic E-state index is -0.150. The number of nitrogens with one attached hydrogen (secondary N) is 1. The molecule has 1 amide bonds. The molecule has 2 rings (SSSR count). The Morgan fingerprint density at radius 2 is 1.86 bits per heavy atom. The van der Waals surface area contributed by atoms with Crippen molar-refractivity contribution in [1.82, 2.24) is 5.32 Å². The Kier molecular flexibility index (Phi) is 5.12. The Morgan fingerprint density at radius 1 is 1.14 bits per heavy atom. The topological polar surface area (TPSA) is 42.2 Å². The van der Waals surface area contributed by atoms with Gasteiger partial charge in [0.15, 0.2) is 0 Å². The van der Waals surface area contributed by atoms with Crippen molar-refractivity contribution >= 4 is 17.7 Å². The molecule has 0 fully saturated rings.